The molecule has 3 heteroatoms. The lowest BCUT2D eigenvalue weighted by Crippen LogP contribution is -1.97. The summed E-state index contributed by atoms with van der Waals surface area (Å²) in [6.07, 6.45) is 0. The van der Waals surface area contributed by atoms with Gasteiger partial charge in [-0.2, -0.15) is 0 Å². The van der Waals surface area contributed by atoms with E-state index in [0.717, 1.165) is 56.0 Å². The number of hydrogen-bond acceptors (Lipinski definition) is 2. The molecule has 0 aliphatic heterocycles. The Labute approximate surface area is 353 Å². The minimum Gasteiger partial charge on any atom is -0.309 e. The van der Waals surface area contributed by atoms with Gasteiger partial charge in [-0.05, 0) is 97.0 Å². The largest absolute Gasteiger partial charge is 0.309 e. The summed E-state index contributed by atoms with van der Waals surface area (Å²) in [4.78, 5) is 10.7. The highest BCUT2D eigenvalue weighted by molar-refractivity contribution is 6.20. The molecule has 0 aliphatic carbocycles. The van der Waals surface area contributed by atoms with Gasteiger partial charge in [0.2, 0.25) is 0 Å². The van der Waals surface area contributed by atoms with Crippen LogP contribution in [-0.4, -0.2) is 14.5 Å². The Balaban J connectivity index is 1.05. The molecule has 0 atom stereocenters. The minimum absolute atomic E-state index is 0.683. The topological polar surface area (TPSA) is 30.7 Å². The molecule has 0 unspecified atom stereocenters. The zero-order valence-corrected chi connectivity index (χ0v) is 33.2. The first kappa shape index (κ1) is 34.9. The van der Waals surface area contributed by atoms with Crippen LogP contribution in [0.25, 0.3) is 116 Å². The Morgan fingerprint density at radius 1 is 0.295 bits per heavy atom. The summed E-state index contributed by atoms with van der Waals surface area (Å²) in [6.45, 7) is 0. The van der Waals surface area contributed by atoms with Crippen molar-refractivity contribution in [2.75, 3.05) is 0 Å². The van der Waals surface area contributed by atoms with Gasteiger partial charge < -0.3 is 4.57 Å². The average Bonchev–Trinajstić information content (AvgIpc) is 3.67. The Morgan fingerprint density at radius 2 is 0.902 bits per heavy atom. The van der Waals surface area contributed by atoms with Gasteiger partial charge in [-0.3, -0.25) is 0 Å². The van der Waals surface area contributed by atoms with E-state index in [2.05, 4.69) is 229 Å². The lowest BCUT2D eigenvalue weighted by atomic mass is 9.89. The van der Waals surface area contributed by atoms with Gasteiger partial charge in [-0.15, -0.1) is 0 Å². The molecule has 12 aromatic rings. The predicted molar refractivity (Wildman–Crippen MR) is 256 cm³/mol. The summed E-state index contributed by atoms with van der Waals surface area (Å²) in [6, 6.07) is 80.4. The number of para-hydroxylation sites is 2. The van der Waals surface area contributed by atoms with Gasteiger partial charge in [0.15, 0.2) is 5.82 Å². The third-order valence-electron chi connectivity index (χ3n) is 12.2. The summed E-state index contributed by atoms with van der Waals surface area (Å²) < 4.78 is 2.35. The second kappa shape index (κ2) is 14.3. The maximum atomic E-state index is 5.37. The number of benzene rings is 10. The van der Waals surface area contributed by atoms with Crippen LogP contribution >= 0.6 is 0 Å². The predicted octanol–water partition coefficient (Wildman–Crippen LogP) is 15.4. The highest BCUT2D eigenvalue weighted by Gasteiger charge is 2.18. The van der Waals surface area contributed by atoms with Crippen LogP contribution in [-0.2, 0) is 0 Å². The van der Waals surface area contributed by atoms with Crippen LogP contribution in [0.15, 0.2) is 224 Å². The Morgan fingerprint density at radius 3 is 1.72 bits per heavy atom. The van der Waals surface area contributed by atoms with Crippen molar-refractivity contribution in [3.8, 4) is 61.8 Å². The zero-order chi connectivity index (χ0) is 40.3. The van der Waals surface area contributed by atoms with Crippen LogP contribution in [0.3, 0.4) is 0 Å². The van der Waals surface area contributed by atoms with E-state index in [0.29, 0.717) is 5.82 Å². The number of nitrogens with zero attached hydrogens (tertiary/aromatic N) is 3. The van der Waals surface area contributed by atoms with Crippen LogP contribution in [0.2, 0.25) is 0 Å². The second-order valence-electron chi connectivity index (χ2n) is 15.7. The maximum absolute atomic E-state index is 5.37. The Kier molecular flexibility index (Phi) is 8.17. The van der Waals surface area contributed by atoms with Gasteiger partial charge in [-0.25, -0.2) is 9.97 Å². The molecule has 61 heavy (non-hydrogen) atoms. The highest BCUT2D eigenvalue weighted by Crippen LogP contribution is 2.41. The molecule has 0 saturated carbocycles. The molecule has 0 radical (unpaired) electrons. The van der Waals surface area contributed by atoms with Gasteiger partial charge in [0.25, 0.3) is 0 Å². The molecule has 12 rings (SSSR count). The third kappa shape index (κ3) is 5.90. The van der Waals surface area contributed by atoms with Crippen molar-refractivity contribution in [2.45, 2.75) is 0 Å². The molecule has 10 aromatic carbocycles. The van der Waals surface area contributed by atoms with Crippen molar-refractivity contribution in [3.05, 3.63) is 224 Å². The molecule has 0 fully saturated rings. The molecule has 2 heterocycles. The smallest absolute Gasteiger partial charge is 0.160 e. The lowest BCUT2D eigenvalue weighted by Gasteiger charge is -2.15. The normalized spacial score (nSPS) is 11.6. The van der Waals surface area contributed by atoms with E-state index in [1.54, 1.807) is 0 Å². The fourth-order valence-electron chi connectivity index (χ4n) is 9.34. The number of fused-ring (bicyclic) bond motifs is 7. The van der Waals surface area contributed by atoms with Crippen LogP contribution in [0.5, 0.6) is 0 Å². The zero-order valence-electron chi connectivity index (χ0n) is 33.2. The molecular formula is C58H37N3. The van der Waals surface area contributed by atoms with Gasteiger partial charge >= 0.3 is 0 Å². The molecule has 284 valence electrons. The summed E-state index contributed by atoms with van der Waals surface area (Å²) in [5, 5.41) is 9.87. The molecule has 0 N–H and O–H groups in total. The average molecular weight is 776 g/mol. The summed E-state index contributed by atoms with van der Waals surface area (Å²) in [5.74, 6) is 0.683. The lowest BCUT2D eigenvalue weighted by molar-refractivity contribution is 1.18. The van der Waals surface area contributed by atoms with Crippen LogP contribution in [0.4, 0.5) is 0 Å². The fraction of sp³-hybridized carbons (Fsp3) is 0. The molecule has 3 nitrogen and oxygen atoms in total. The standard InChI is InChI=1S/C58H37N3/c1-3-15-38(16-4-1)45-21-11-12-24-48(45)54-37-53(43-32-34-56-52(36-43)49-25-13-14-26-55(49)61(56)44-19-5-2-6-20-44)59-58(60-54)41-29-27-40(28-30-41)57-47-23-10-8-18-42(47)35-51-46-22-9-7-17-39(46)31-33-50(51)57/h1-37H. The van der Waals surface area contributed by atoms with Crippen molar-refractivity contribution < 1.29 is 0 Å². The van der Waals surface area contributed by atoms with Gasteiger partial charge in [0, 0.05) is 33.2 Å². The van der Waals surface area contributed by atoms with Crippen LogP contribution < -0.4 is 0 Å². The van der Waals surface area contributed by atoms with Gasteiger partial charge in [0.05, 0.1) is 22.4 Å². The highest BCUT2D eigenvalue weighted by atomic mass is 15.0. The van der Waals surface area contributed by atoms with E-state index in [1.165, 1.54) is 54.2 Å². The quantitative estimate of drug-likeness (QED) is 0.124. The van der Waals surface area contributed by atoms with Crippen LogP contribution in [0, 0.1) is 0 Å². The van der Waals surface area contributed by atoms with Crippen LogP contribution in [0.1, 0.15) is 0 Å². The number of rotatable bonds is 6. The van der Waals surface area contributed by atoms with E-state index >= 15 is 0 Å². The first-order chi connectivity index (χ1) is 30.2. The maximum Gasteiger partial charge on any atom is 0.160 e. The first-order valence-electron chi connectivity index (χ1n) is 20.8. The first-order valence-corrected chi connectivity index (χ1v) is 20.8. The van der Waals surface area contributed by atoms with Crippen molar-refractivity contribution in [2.24, 2.45) is 0 Å². The Hall–Kier alpha value is -8.14. The summed E-state index contributed by atoms with van der Waals surface area (Å²) >= 11 is 0. The van der Waals surface area contributed by atoms with E-state index < -0.39 is 0 Å². The minimum atomic E-state index is 0.683. The van der Waals surface area contributed by atoms with Crippen molar-refractivity contribution >= 4 is 54.1 Å². The molecule has 2 aromatic heterocycles. The Bertz CT molecular complexity index is 3620. The van der Waals surface area contributed by atoms with Crippen molar-refractivity contribution in [1.29, 1.82) is 0 Å². The van der Waals surface area contributed by atoms with Gasteiger partial charge in [-0.1, -0.05) is 182 Å². The molecule has 0 aliphatic rings. The van der Waals surface area contributed by atoms with Crippen molar-refractivity contribution in [3.63, 3.8) is 0 Å². The van der Waals surface area contributed by atoms with Crippen molar-refractivity contribution in [1.82, 2.24) is 14.5 Å². The van der Waals surface area contributed by atoms with Gasteiger partial charge in [0.1, 0.15) is 0 Å². The monoisotopic (exact) mass is 775 g/mol. The molecule has 0 spiro atoms. The summed E-state index contributed by atoms with van der Waals surface area (Å²) in [7, 11) is 0. The second-order valence-corrected chi connectivity index (χ2v) is 15.7. The third-order valence-corrected chi connectivity index (χ3v) is 12.2. The SMILES string of the molecule is c1ccc(-c2ccccc2-c2cc(-c3ccc4c(c3)c3ccccc3n4-c3ccccc3)nc(-c3ccc(-c4c5ccccc5cc5c4ccc4ccccc45)cc3)n2)cc1. The molecular weight excluding hydrogens is 739 g/mol. The van der Waals surface area contributed by atoms with E-state index in [4.69, 9.17) is 9.97 Å². The van der Waals surface area contributed by atoms with E-state index in [1.807, 2.05) is 0 Å². The van der Waals surface area contributed by atoms with E-state index in [-0.39, 0.29) is 0 Å². The van der Waals surface area contributed by atoms with E-state index in [9.17, 15) is 0 Å². The number of hydrogen-bond donors (Lipinski definition) is 0. The molecule has 0 amide bonds. The summed E-state index contributed by atoms with van der Waals surface area (Å²) in [5.41, 5.74) is 13.0. The molecule has 0 bridgehead atoms. The fourth-order valence-corrected chi connectivity index (χ4v) is 9.34. The molecule has 0 saturated heterocycles. The number of aromatic nitrogens is 3.